The van der Waals surface area contributed by atoms with E-state index in [2.05, 4.69) is 25.1 Å². The average Bonchev–Trinajstić information content (AvgIpc) is 3.05. The SMILES string of the molecule is CCN(Cc1ccco1)c1nc(Cl)nc2[nH]ncc12. The van der Waals surface area contributed by atoms with Gasteiger partial charge in [-0.25, -0.2) is 0 Å². The molecule has 0 aliphatic carbocycles. The molecule has 19 heavy (non-hydrogen) atoms. The molecule has 0 saturated heterocycles. The largest absolute Gasteiger partial charge is 0.467 e. The summed E-state index contributed by atoms with van der Waals surface area (Å²) in [6, 6.07) is 3.79. The monoisotopic (exact) mass is 277 g/mol. The number of aromatic nitrogens is 4. The number of nitrogens with one attached hydrogen (secondary N) is 1. The highest BCUT2D eigenvalue weighted by Crippen LogP contribution is 2.25. The van der Waals surface area contributed by atoms with Gasteiger partial charge in [0.2, 0.25) is 5.28 Å². The maximum absolute atomic E-state index is 5.94. The number of furan rings is 1. The maximum Gasteiger partial charge on any atom is 0.226 e. The van der Waals surface area contributed by atoms with E-state index in [9.17, 15) is 0 Å². The molecule has 0 fully saturated rings. The van der Waals surface area contributed by atoms with E-state index in [1.807, 2.05) is 19.1 Å². The molecule has 3 heterocycles. The van der Waals surface area contributed by atoms with Gasteiger partial charge in [-0.05, 0) is 30.7 Å². The summed E-state index contributed by atoms with van der Waals surface area (Å²) in [5, 5.41) is 7.83. The molecule has 7 heteroatoms. The molecular formula is C12H12ClN5O. The molecule has 0 aromatic carbocycles. The standard InChI is InChI=1S/C12H12ClN5O/c1-2-18(7-8-4-3-5-19-8)11-9-6-14-17-10(9)15-12(13)16-11/h3-6H,2,7H2,1H3,(H,14,15,16,17). The Hall–Kier alpha value is -2.08. The summed E-state index contributed by atoms with van der Waals surface area (Å²) in [4.78, 5) is 10.5. The lowest BCUT2D eigenvalue weighted by atomic mass is 10.3. The van der Waals surface area contributed by atoms with Crippen LogP contribution in [0.15, 0.2) is 29.0 Å². The molecule has 0 aliphatic heterocycles. The first-order chi connectivity index (χ1) is 9.28. The van der Waals surface area contributed by atoms with Crippen LogP contribution in [0.5, 0.6) is 0 Å². The Morgan fingerprint density at radius 2 is 2.32 bits per heavy atom. The average molecular weight is 278 g/mol. The number of anilines is 1. The minimum atomic E-state index is 0.199. The molecule has 3 aromatic heterocycles. The lowest BCUT2D eigenvalue weighted by molar-refractivity contribution is 0.503. The van der Waals surface area contributed by atoms with E-state index < -0.39 is 0 Å². The zero-order valence-corrected chi connectivity index (χ0v) is 11.1. The fraction of sp³-hybridized carbons (Fsp3) is 0.250. The van der Waals surface area contributed by atoms with Crippen LogP contribution in [0, 0.1) is 0 Å². The summed E-state index contributed by atoms with van der Waals surface area (Å²) in [5.41, 5.74) is 0.632. The second kappa shape index (κ2) is 4.89. The molecule has 98 valence electrons. The number of halogens is 1. The number of H-pyrrole nitrogens is 1. The normalized spacial score (nSPS) is 11.1. The van der Waals surface area contributed by atoms with Crippen molar-refractivity contribution in [3.8, 4) is 0 Å². The molecule has 6 nitrogen and oxygen atoms in total. The van der Waals surface area contributed by atoms with Crippen LogP contribution in [-0.4, -0.2) is 26.7 Å². The van der Waals surface area contributed by atoms with Crippen LogP contribution in [0.4, 0.5) is 5.82 Å². The highest BCUT2D eigenvalue weighted by atomic mass is 35.5. The molecular weight excluding hydrogens is 266 g/mol. The molecule has 0 spiro atoms. The second-order valence-corrected chi connectivity index (χ2v) is 4.38. The lowest BCUT2D eigenvalue weighted by Gasteiger charge is -2.21. The number of hydrogen-bond acceptors (Lipinski definition) is 5. The molecule has 0 unspecified atom stereocenters. The van der Waals surface area contributed by atoms with Crippen molar-refractivity contribution in [2.75, 3.05) is 11.4 Å². The van der Waals surface area contributed by atoms with Gasteiger partial charge in [-0.1, -0.05) is 0 Å². The van der Waals surface area contributed by atoms with Crippen molar-refractivity contribution >= 4 is 28.5 Å². The fourth-order valence-electron chi connectivity index (χ4n) is 1.96. The van der Waals surface area contributed by atoms with Crippen molar-refractivity contribution in [3.63, 3.8) is 0 Å². The van der Waals surface area contributed by atoms with Crippen LogP contribution in [0.3, 0.4) is 0 Å². The van der Waals surface area contributed by atoms with Gasteiger partial charge < -0.3 is 9.32 Å². The molecule has 0 aliphatic rings. The van der Waals surface area contributed by atoms with Crippen LogP contribution in [0.2, 0.25) is 5.28 Å². The lowest BCUT2D eigenvalue weighted by Crippen LogP contribution is -2.23. The van der Waals surface area contributed by atoms with Crippen molar-refractivity contribution in [1.82, 2.24) is 20.2 Å². The number of fused-ring (bicyclic) bond motifs is 1. The minimum absolute atomic E-state index is 0.199. The van der Waals surface area contributed by atoms with Crippen molar-refractivity contribution < 1.29 is 4.42 Å². The Bertz CT molecular complexity index is 679. The van der Waals surface area contributed by atoms with Crippen molar-refractivity contribution in [2.45, 2.75) is 13.5 Å². The highest BCUT2D eigenvalue weighted by Gasteiger charge is 2.15. The van der Waals surface area contributed by atoms with E-state index in [1.54, 1.807) is 12.5 Å². The Morgan fingerprint density at radius 3 is 3.05 bits per heavy atom. The Balaban J connectivity index is 2.03. The van der Waals surface area contributed by atoms with Crippen LogP contribution in [0.25, 0.3) is 11.0 Å². The molecule has 0 atom stereocenters. The third-order valence-corrected chi connectivity index (χ3v) is 3.04. The molecule has 0 bridgehead atoms. The topological polar surface area (TPSA) is 70.8 Å². The van der Waals surface area contributed by atoms with Crippen molar-refractivity contribution in [3.05, 3.63) is 35.6 Å². The van der Waals surface area contributed by atoms with E-state index in [1.165, 1.54) is 0 Å². The fourth-order valence-corrected chi connectivity index (χ4v) is 2.13. The molecule has 0 amide bonds. The van der Waals surface area contributed by atoms with E-state index >= 15 is 0 Å². The van der Waals surface area contributed by atoms with Crippen LogP contribution < -0.4 is 4.90 Å². The number of rotatable bonds is 4. The van der Waals surface area contributed by atoms with Gasteiger partial charge in [0.1, 0.15) is 11.6 Å². The van der Waals surface area contributed by atoms with E-state index in [0.717, 1.165) is 23.5 Å². The van der Waals surface area contributed by atoms with Crippen molar-refractivity contribution in [2.24, 2.45) is 0 Å². The highest BCUT2D eigenvalue weighted by molar-refractivity contribution is 6.28. The number of nitrogens with zero attached hydrogens (tertiary/aromatic N) is 4. The number of hydrogen-bond donors (Lipinski definition) is 1. The smallest absolute Gasteiger partial charge is 0.226 e. The van der Waals surface area contributed by atoms with E-state index in [-0.39, 0.29) is 5.28 Å². The second-order valence-electron chi connectivity index (χ2n) is 4.04. The predicted molar refractivity (Wildman–Crippen MR) is 72.1 cm³/mol. The third kappa shape index (κ3) is 2.26. The summed E-state index contributed by atoms with van der Waals surface area (Å²) in [6.07, 6.45) is 3.36. The minimum Gasteiger partial charge on any atom is -0.467 e. The molecule has 3 aromatic rings. The van der Waals surface area contributed by atoms with Gasteiger partial charge in [-0.2, -0.15) is 15.1 Å². The Labute approximate surface area is 114 Å². The summed E-state index contributed by atoms with van der Waals surface area (Å²) in [6.45, 7) is 3.44. The molecule has 3 rings (SSSR count). The van der Waals surface area contributed by atoms with Crippen LogP contribution in [-0.2, 0) is 6.54 Å². The van der Waals surface area contributed by atoms with E-state index in [0.29, 0.717) is 12.2 Å². The quantitative estimate of drug-likeness (QED) is 0.742. The maximum atomic E-state index is 5.94. The molecule has 1 N–H and O–H groups in total. The predicted octanol–water partition coefficient (Wildman–Crippen LogP) is 2.63. The van der Waals surface area contributed by atoms with Crippen LogP contribution in [0.1, 0.15) is 12.7 Å². The zero-order valence-electron chi connectivity index (χ0n) is 10.3. The third-order valence-electron chi connectivity index (χ3n) is 2.87. The summed E-state index contributed by atoms with van der Waals surface area (Å²) < 4.78 is 5.37. The Morgan fingerprint density at radius 1 is 1.42 bits per heavy atom. The Kier molecular flexibility index (Phi) is 3.08. The first kappa shape index (κ1) is 12.0. The van der Waals surface area contributed by atoms with Crippen molar-refractivity contribution in [1.29, 1.82) is 0 Å². The summed E-state index contributed by atoms with van der Waals surface area (Å²) >= 11 is 5.94. The van der Waals surface area contributed by atoms with E-state index in [4.69, 9.17) is 16.0 Å². The van der Waals surface area contributed by atoms with Gasteiger partial charge in [0, 0.05) is 6.54 Å². The summed E-state index contributed by atoms with van der Waals surface area (Å²) in [7, 11) is 0. The van der Waals surface area contributed by atoms with Gasteiger partial charge in [-0.3, -0.25) is 5.10 Å². The first-order valence-electron chi connectivity index (χ1n) is 5.92. The molecule has 0 radical (unpaired) electrons. The molecule has 0 saturated carbocycles. The van der Waals surface area contributed by atoms with Gasteiger partial charge in [0.25, 0.3) is 0 Å². The van der Waals surface area contributed by atoms with Gasteiger partial charge in [-0.15, -0.1) is 0 Å². The summed E-state index contributed by atoms with van der Waals surface area (Å²) in [5.74, 6) is 1.62. The number of aromatic amines is 1. The van der Waals surface area contributed by atoms with Crippen LogP contribution >= 0.6 is 11.6 Å². The van der Waals surface area contributed by atoms with Gasteiger partial charge >= 0.3 is 0 Å². The van der Waals surface area contributed by atoms with Gasteiger partial charge in [0.15, 0.2) is 5.65 Å². The van der Waals surface area contributed by atoms with Gasteiger partial charge in [0.05, 0.1) is 24.4 Å². The first-order valence-corrected chi connectivity index (χ1v) is 6.29. The zero-order chi connectivity index (χ0) is 13.2.